The lowest BCUT2D eigenvalue weighted by atomic mass is 10.0. The van der Waals surface area contributed by atoms with Crippen molar-refractivity contribution in [2.45, 2.75) is 25.3 Å². The molecule has 1 aromatic rings. The first-order chi connectivity index (χ1) is 10.1. The van der Waals surface area contributed by atoms with Gasteiger partial charge in [0.15, 0.2) is 0 Å². The zero-order chi connectivity index (χ0) is 15.2. The molecular weight excluding hydrogens is 272 g/mol. The Morgan fingerprint density at radius 1 is 1.29 bits per heavy atom. The lowest BCUT2D eigenvalue weighted by Crippen LogP contribution is -2.55. The summed E-state index contributed by atoms with van der Waals surface area (Å²) in [6, 6.07) is 7.22. The summed E-state index contributed by atoms with van der Waals surface area (Å²) in [5.74, 6) is -0.937. The van der Waals surface area contributed by atoms with E-state index in [1.54, 1.807) is 24.3 Å². The van der Waals surface area contributed by atoms with E-state index >= 15 is 0 Å². The molecule has 1 aliphatic heterocycles. The van der Waals surface area contributed by atoms with Gasteiger partial charge in [0.25, 0.3) is 0 Å². The summed E-state index contributed by atoms with van der Waals surface area (Å²) >= 11 is 0. The standard InChI is InChI=1S/C14H16N4O3/c15-9-10-4-6-11(7-5-10)16-14(21)17-18-8-2-1-3-12(18)13(19)20/h4-7,12H,1-3,8H2,(H,19,20)(H2,16,17,21). The lowest BCUT2D eigenvalue weighted by molar-refractivity contribution is -0.145. The van der Waals surface area contributed by atoms with Gasteiger partial charge < -0.3 is 10.4 Å². The molecular formula is C14H16N4O3. The fraction of sp³-hybridized carbons (Fsp3) is 0.357. The SMILES string of the molecule is N#Cc1ccc(NC(=O)NN2CCCCC2C(=O)O)cc1. The van der Waals surface area contributed by atoms with Crippen LogP contribution in [0, 0.1) is 11.3 Å². The minimum absolute atomic E-state index is 0.493. The quantitative estimate of drug-likeness (QED) is 0.782. The van der Waals surface area contributed by atoms with E-state index in [4.69, 9.17) is 10.4 Å². The van der Waals surface area contributed by atoms with Gasteiger partial charge in [-0.15, -0.1) is 0 Å². The van der Waals surface area contributed by atoms with Crippen LogP contribution >= 0.6 is 0 Å². The predicted molar refractivity (Wildman–Crippen MR) is 75.3 cm³/mol. The number of hydrazine groups is 1. The summed E-state index contributed by atoms with van der Waals surface area (Å²) in [5.41, 5.74) is 3.60. The number of carboxylic acids is 1. The van der Waals surface area contributed by atoms with E-state index in [-0.39, 0.29) is 0 Å². The lowest BCUT2D eigenvalue weighted by Gasteiger charge is -2.32. The Balaban J connectivity index is 1.93. The number of urea groups is 1. The topological polar surface area (TPSA) is 105 Å². The van der Waals surface area contributed by atoms with Crippen molar-refractivity contribution in [2.24, 2.45) is 0 Å². The molecule has 0 spiro atoms. The first-order valence-electron chi connectivity index (χ1n) is 6.67. The van der Waals surface area contributed by atoms with E-state index in [9.17, 15) is 9.59 Å². The zero-order valence-electron chi connectivity index (χ0n) is 11.4. The molecule has 3 N–H and O–H groups in total. The number of hydrogen-bond acceptors (Lipinski definition) is 4. The Morgan fingerprint density at radius 2 is 2.00 bits per heavy atom. The highest BCUT2D eigenvalue weighted by Crippen LogP contribution is 2.15. The smallest absolute Gasteiger partial charge is 0.333 e. The number of carbonyl (C=O) groups excluding carboxylic acids is 1. The first-order valence-corrected chi connectivity index (χ1v) is 6.67. The molecule has 0 aromatic heterocycles. The molecule has 1 aromatic carbocycles. The van der Waals surface area contributed by atoms with Crippen LogP contribution in [0.2, 0.25) is 0 Å². The maximum atomic E-state index is 11.9. The summed E-state index contributed by atoms with van der Waals surface area (Å²) in [7, 11) is 0. The van der Waals surface area contributed by atoms with Gasteiger partial charge in [0.2, 0.25) is 0 Å². The van der Waals surface area contributed by atoms with Crippen LogP contribution < -0.4 is 10.7 Å². The van der Waals surface area contributed by atoms with E-state index in [1.165, 1.54) is 5.01 Å². The molecule has 1 heterocycles. The van der Waals surface area contributed by atoms with Gasteiger partial charge in [0.05, 0.1) is 11.6 Å². The van der Waals surface area contributed by atoms with Crippen molar-refractivity contribution in [1.82, 2.24) is 10.4 Å². The van der Waals surface area contributed by atoms with Gasteiger partial charge in [0.1, 0.15) is 6.04 Å². The average molecular weight is 288 g/mol. The molecule has 21 heavy (non-hydrogen) atoms. The van der Waals surface area contributed by atoms with E-state index in [2.05, 4.69) is 10.7 Å². The second-order valence-electron chi connectivity index (χ2n) is 4.80. The Hall–Kier alpha value is -2.59. The summed E-state index contributed by atoms with van der Waals surface area (Å²) in [6.45, 7) is 0.512. The van der Waals surface area contributed by atoms with Crippen molar-refractivity contribution in [3.63, 3.8) is 0 Å². The van der Waals surface area contributed by atoms with E-state index in [0.717, 1.165) is 12.8 Å². The largest absolute Gasteiger partial charge is 0.480 e. The third-order valence-corrected chi connectivity index (χ3v) is 3.30. The minimum atomic E-state index is -0.937. The van der Waals surface area contributed by atoms with Gasteiger partial charge in [-0.3, -0.25) is 10.2 Å². The summed E-state index contributed by atoms with van der Waals surface area (Å²) in [5, 5.41) is 21.9. The van der Waals surface area contributed by atoms with Crippen molar-refractivity contribution >= 4 is 17.7 Å². The Morgan fingerprint density at radius 3 is 2.62 bits per heavy atom. The molecule has 7 heteroatoms. The molecule has 1 atom stereocenters. The van der Waals surface area contributed by atoms with Crippen molar-refractivity contribution in [1.29, 1.82) is 5.26 Å². The molecule has 1 saturated heterocycles. The van der Waals surface area contributed by atoms with Crippen molar-refractivity contribution in [2.75, 3.05) is 11.9 Å². The molecule has 1 aliphatic rings. The van der Waals surface area contributed by atoms with Gasteiger partial charge in [0, 0.05) is 12.2 Å². The van der Waals surface area contributed by atoms with Crippen molar-refractivity contribution < 1.29 is 14.7 Å². The zero-order valence-corrected chi connectivity index (χ0v) is 11.4. The molecule has 0 bridgehead atoms. The van der Waals surface area contributed by atoms with Crippen LogP contribution in [0.5, 0.6) is 0 Å². The number of amides is 2. The first kappa shape index (κ1) is 14.8. The molecule has 1 unspecified atom stereocenters. The molecule has 2 rings (SSSR count). The van der Waals surface area contributed by atoms with Crippen LogP contribution in [-0.2, 0) is 4.79 Å². The molecule has 110 valence electrons. The van der Waals surface area contributed by atoms with Gasteiger partial charge in [-0.2, -0.15) is 5.26 Å². The summed E-state index contributed by atoms with van der Waals surface area (Å²) < 4.78 is 0. The number of nitrogens with one attached hydrogen (secondary N) is 2. The van der Waals surface area contributed by atoms with Crippen LogP contribution in [0.3, 0.4) is 0 Å². The van der Waals surface area contributed by atoms with Crippen molar-refractivity contribution in [3.8, 4) is 6.07 Å². The number of piperidine rings is 1. The number of carboxylic acid groups (broad SMARTS) is 1. The van der Waals surface area contributed by atoms with E-state index < -0.39 is 18.0 Å². The third kappa shape index (κ3) is 3.94. The minimum Gasteiger partial charge on any atom is -0.480 e. The number of aliphatic carboxylic acids is 1. The second-order valence-corrected chi connectivity index (χ2v) is 4.80. The van der Waals surface area contributed by atoms with Crippen LogP contribution in [-0.4, -0.2) is 34.7 Å². The van der Waals surface area contributed by atoms with E-state index in [0.29, 0.717) is 24.2 Å². The number of nitriles is 1. The fourth-order valence-electron chi connectivity index (χ4n) is 2.24. The van der Waals surface area contributed by atoms with Gasteiger partial charge in [-0.05, 0) is 43.5 Å². The fourth-order valence-corrected chi connectivity index (χ4v) is 2.24. The summed E-state index contributed by atoms with van der Waals surface area (Å²) in [4.78, 5) is 23.0. The van der Waals surface area contributed by atoms with Crippen LogP contribution in [0.4, 0.5) is 10.5 Å². The molecule has 0 saturated carbocycles. The van der Waals surface area contributed by atoms with Gasteiger partial charge >= 0.3 is 12.0 Å². The average Bonchev–Trinajstić information content (AvgIpc) is 2.48. The second kappa shape index (κ2) is 6.72. The Kier molecular flexibility index (Phi) is 4.74. The third-order valence-electron chi connectivity index (χ3n) is 3.30. The number of anilines is 1. The maximum absolute atomic E-state index is 11.9. The van der Waals surface area contributed by atoms with Crippen LogP contribution in [0.15, 0.2) is 24.3 Å². The predicted octanol–water partition coefficient (Wildman–Crippen LogP) is 1.53. The molecule has 1 fully saturated rings. The van der Waals surface area contributed by atoms with Crippen LogP contribution in [0.1, 0.15) is 24.8 Å². The van der Waals surface area contributed by atoms with Gasteiger partial charge in [-0.25, -0.2) is 9.80 Å². The molecule has 0 radical (unpaired) electrons. The van der Waals surface area contributed by atoms with E-state index in [1.807, 2.05) is 6.07 Å². The Bertz CT molecular complexity index is 565. The number of carbonyl (C=O) groups is 2. The number of hydrogen-bond donors (Lipinski definition) is 3. The molecule has 7 nitrogen and oxygen atoms in total. The molecule has 0 aliphatic carbocycles. The van der Waals surface area contributed by atoms with Crippen LogP contribution in [0.25, 0.3) is 0 Å². The monoisotopic (exact) mass is 288 g/mol. The Labute approximate surface area is 122 Å². The number of nitrogens with zero attached hydrogens (tertiary/aromatic N) is 2. The highest BCUT2D eigenvalue weighted by Gasteiger charge is 2.29. The highest BCUT2D eigenvalue weighted by atomic mass is 16.4. The van der Waals surface area contributed by atoms with Crippen molar-refractivity contribution in [3.05, 3.63) is 29.8 Å². The summed E-state index contributed by atoms with van der Waals surface area (Å²) in [6.07, 6.45) is 2.21. The maximum Gasteiger partial charge on any atom is 0.333 e. The highest BCUT2D eigenvalue weighted by molar-refractivity contribution is 5.89. The molecule has 2 amide bonds. The number of rotatable bonds is 3. The number of benzene rings is 1. The normalized spacial score (nSPS) is 18.5. The van der Waals surface area contributed by atoms with Gasteiger partial charge in [-0.1, -0.05) is 0 Å².